The molecule has 0 aliphatic carbocycles. The van der Waals surface area contributed by atoms with Crippen LogP contribution in [0.5, 0.6) is 11.5 Å². The molecule has 2 aliphatic rings. The molecule has 1 fully saturated rings. The highest BCUT2D eigenvalue weighted by atomic mass is 79.9. The fraction of sp³-hybridized carbons (Fsp3) is 0.478. The number of anilines is 2. The van der Waals surface area contributed by atoms with Gasteiger partial charge in [-0.05, 0) is 73.5 Å². The van der Waals surface area contributed by atoms with Crippen LogP contribution in [-0.4, -0.2) is 38.9 Å². The van der Waals surface area contributed by atoms with Gasteiger partial charge in [0.05, 0.1) is 12.8 Å². The lowest BCUT2D eigenvalue weighted by Gasteiger charge is -2.39. The molecule has 2 aromatic rings. The summed E-state index contributed by atoms with van der Waals surface area (Å²) in [7, 11) is 1.71. The maximum atomic E-state index is 6.26. The first-order chi connectivity index (χ1) is 13.3. The number of methoxy groups -OCH3 is 1. The van der Waals surface area contributed by atoms with Gasteiger partial charge in [-0.2, -0.15) is 0 Å². The summed E-state index contributed by atoms with van der Waals surface area (Å²) in [5.74, 6) is 1.98. The topological polar surface area (TPSA) is 24.9 Å². The van der Waals surface area contributed by atoms with Crippen LogP contribution in [-0.2, 0) is 6.42 Å². The highest BCUT2D eigenvalue weighted by Gasteiger charge is 2.35. The zero-order chi connectivity index (χ0) is 20.1. The van der Waals surface area contributed by atoms with E-state index >= 15 is 0 Å². The third-order valence-corrected chi connectivity index (χ3v) is 6.94. The van der Waals surface area contributed by atoms with E-state index in [9.17, 15) is 0 Å². The van der Waals surface area contributed by atoms with E-state index in [0.29, 0.717) is 0 Å². The fourth-order valence-corrected chi connectivity index (χ4v) is 5.16. The number of rotatable bonds is 3. The smallest absolute Gasteiger partial charge is 0.127 e. The maximum Gasteiger partial charge on any atom is 0.127 e. The average Bonchev–Trinajstić information content (AvgIpc) is 3.03. The Bertz CT molecular complexity index is 885. The molecule has 5 heteroatoms. The maximum absolute atomic E-state index is 6.26. The molecule has 28 heavy (non-hydrogen) atoms. The van der Waals surface area contributed by atoms with Gasteiger partial charge in [0.25, 0.3) is 0 Å². The second kappa shape index (κ2) is 7.18. The fourth-order valence-electron chi connectivity index (χ4n) is 4.43. The molecular formula is C23H29BrN2O2. The summed E-state index contributed by atoms with van der Waals surface area (Å²) < 4.78 is 12.7. The van der Waals surface area contributed by atoms with Crippen LogP contribution in [0.2, 0.25) is 0 Å². The van der Waals surface area contributed by atoms with Crippen LogP contribution in [0.4, 0.5) is 11.4 Å². The Labute approximate surface area is 176 Å². The Morgan fingerprint density at radius 3 is 2.18 bits per heavy atom. The molecule has 1 saturated heterocycles. The van der Waals surface area contributed by atoms with Crippen LogP contribution in [0.3, 0.4) is 0 Å². The molecule has 0 spiro atoms. The van der Waals surface area contributed by atoms with Crippen molar-refractivity contribution in [2.75, 3.05) is 43.1 Å². The van der Waals surface area contributed by atoms with Crippen molar-refractivity contribution < 1.29 is 9.47 Å². The monoisotopic (exact) mass is 444 g/mol. The van der Waals surface area contributed by atoms with E-state index in [1.807, 2.05) is 12.1 Å². The van der Waals surface area contributed by atoms with Crippen molar-refractivity contribution in [2.24, 2.45) is 0 Å². The van der Waals surface area contributed by atoms with Crippen LogP contribution in [0, 0.1) is 13.8 Å². The minimum Gasteiger partial charge on any atom is -0.497 e. The molecule has 0 bridgehead atoms. The van der Waals surface area contributed by atoms with Gasteiger partial charge in [-0.1, -0.05) is 0 Å². The second-order valence-corrected chi connectivity index (χ2v) is 9.22. The summed E-state index contributed by atoms with van der Waals surface area (Å²) in [5, 5.41) is 0. The third-order valence-electron chi connectivity index (χ3n) is 5.97. The lowest BCUT2D eigenvalue weighted by atomic mass is 9.94. The molecule has 2 aliphatic heterocycles. The normalized spacial score (nSPS) is 18.1. The van der Waals surface area contributed by atoms with Crippen molar-refractivity contribution >= 4 is 27.3 Å². The van der Waals surface area contributed by atoms with Gasteiger partial charge in [0.15, 0.2) is 0 Å². The van der Waals surface area contributed by atoms with Gasteiger partial charge in [0.1, 0.15) is 17.1 Å². The molecule has 0 saturated carbocycles. The Morgan fingerprint density at radius 1 is 0.964 bits per heavy atom. The number of ether oxygens (including phenoxy) is 2. The van der Waals surface area contributed by atoms with Crippen LogP contribution < -0.4 is 19.3 Å². The van der Waals surface area contributed by atoms with Crippen molar-refractivity contribution in [3.8, 4) is 11.5 Å². The highest BCUT2D eigenvalue weighted by molar-refractivity contribution is 9.10. The molecule has 0 aromatic heterocycles. The predicted octanol–water partition coefficient (Wildman–Crippen LogP) is 5.11. The standard InChI is InChI=1S/C23H29BrN2O2/c1-15-19-14-23(3,4)28-22(19)16(2)20(24)21(15)26-12-10-25(11-13-26)17-6-8-18(27-5)9-7-17/h6-9H,10-14H2,1-5H3. The lowest BCUT2D eigenvalue weighted by molar-refractivity contribution is 0.137. The minimum atomic E-state index is -0.122. The van der Waals surface area contributed by atoms with Gasteiger partial charge in [-0.3, -0.25) is 0 Å². The highest BCUT2D eigenvalue weighted by Crippen LogP contribution is 2.47. The second-order valence-electron chi connectivity index (χ2n) is 8.43. The number of fused-ring (bicyclic) bond motifs is 1. The van der Waals surface area contributed by atoms with E-state index in [4.69, 9.17) is 9.47 Å². The van der Waals surface area contributed by atoms with E-state index in [2.05, 4.69) is 65.6 Å². The molecule has 0 N–H and O–H groups in total. The van der Waals surface area contributed by atoms with Crippen molar-refractivity contribution in [3.05, 3.63) is 45.4 Å². The summed E-state index contributed by atoms with van der Waals surface area (Å²) in [6, 6.07) is 8.37. The molecule has 2 aromatic carbocycles. The van der Waals surface area contributed by atoms with Crippen molar-refractivity contribution in [3.63, 3.8) is 0 Å². The summed E-state index contributed by atoms with van der Waals surface area (Å²) in [4.78, 5) is 4.98. The molecule has 4 nitrogen and oxygen atoms in total. The van der Waals surface area contributed by atoms with Crippen LogP contribution in [0.25, 0.3) is 0 Å². The number of benzene rings is 2. The van der Waals surface area contributed by atoms with Gasteiger partial charge in [0, 0.05) is 53.9 Å². The summed E-state index contributed by atoms with van der Waals surface area (Å²) in [6.45, 7) is 12.8. The predicted molar refractivity (Wildman–Crippen MR) is 119 cm³/mol. The summed E-state index contributed by atoms with van der Waals surface area (Å²) >= 11 is 3.88. The molecule has 0 amide bonds. The molecule has 0 atom stereocenters. The zero-order valence-electron chi connectivity index (χ0n) is 17.4. The third kappa shape index (κ3) is 3.34. The van der Waals surface area contributed by atoms with Gasteiger partial charge in [-0.15, -0.1) is 0 Å². The number of piperazine rings is 1. The minimum absolute atomic E-state index is 0.122. The SMILES string of the molecule is COc1ccc(N2CCN(c3c(C)c4c(c(C)c3Br)OC(C)(C)C4)CC2)cc1. The Balaban J connectivity index is 1.56. The Morgan fingerprint density at radius 2 is 1.57 bits per heavy atom. The lowest BCUT2D eigenvalue weighted by Crippen LogP contribution is -2.47. The van der Waals surface area contributed by atoms with Crippen LogP contribution >= 0.6 is 15.9 Å². The van der Waals surface area contributed by atoms with Gasteiger partial charge in [-0.25, -0.2) is 0 Å². The van der Waals surface area contributed by atoms with E-state index in [1.165, 1.54) is 32.5 Å². The number of hydrogen-bond acceptors (Lipinski definition) is 4. The van der Waals surface area contributed by atoms with Gasteiger partial charge < -0.3 is 19.3 Å². The van der Waals surface area contributed by atoms with E-state index in [-0.39, 0.29) is 5.60 Å². The first kappa shape index (κ1) is 19.4. The van der Waals surface area contributed by atoms with Crippen LogP contribution in [0.1, 0.15) is 30.5 Å². The first-order valence-electron chi connectivity index (χ1n) is 9.95. The number of halogens is 1. The first-order valence-corrected chi connectivity index (χ1v) is 10.7. The van der Waals surface area contributed by atoms with E-state index < -0.39 is 0 Å². The Kier molecular flexibility index (Phi) is 4.98. The molecule has 2 heterocycles. The number of hydrogen-bond donors (Lipinski definition) is 0. The quantitative estimate of drug-likeness (QED) is 0.655. The number of nitrogens with zero attached hydrogens (tertiary/aromatic N) is 2. The molecular weight excluding hydrogens is 416 g/mol. The van der Waals surface area contributed by atoms with Crippen LogP contribution in [0.15, 0.2) is 28.7 Å². The van der Waals surface area contributed by atoms with Crippen molar-refractivity contribution in [1.82, 2.24) is 0 Å². The summed E-state index contributed by atoms with van der Waals surface area (Å²) in [5.41, 5.74) is 6.43. The molecule has 4 rings (SSSR count). The average molecular weight is 445 g/mol. The zero-order valence-corrected chi connectivity index (χ0v) is 19.0. The molecule has 0 unspecified atom stereocenters. The van der Waals surface area contributed by atoms with Gasteiger partial charge >= 0.3 is 0 Å². The van der Waals surface area contributed by atoms with Gasteiger partial charge in [0.2, 0.25) is 0 Å². The molecule has 0 radical (unpaired) electrons. The van der Waals surface area contributed by atoms with E-state index in [0.717, 1.165) is 44.1 Å². The largest absolute Gasteiger partial charge is 0.497 e. The van der Waals surface area contributed by atoms with E-state index in [1.54, 1.807) is 7.11 Å². The summed E-state index contributed by atoms with van der Waals surface area (Å²) in [6.07, 6.45) is 0.973. The molecule has 150 valence electrons. The van der Waals surface area contributed by atoms with Crippen molar-refractivity contribution in [1.29, 1.82) is 0 Å². The van der Waals surface area contributed by atoms with Crippen molar-refractivity contribution in [2.45, 2.75) is 39.7 Å². The Hall–Kier alpha value is -1.88.